The largest absolute Gasteiger partial charge is 0.481 e. The SMILES string of the molecule is O=C(O)c1ccc2cccc3c2c1C=CC3C(=O)O. The summed E-state index contributed by atoms with van der Waals surface area (Å²) in [6.07, 6.45) is 3.13. The molecule has 19 heavy (non-hydrogen) atoms. The van der Waals surface area contributed by atoms with E-state index in [1.165, 1.54) is 6.08 Å². The number of rotatable bonds is 2. The molecule has 1 aliphatic rings. The number of hydrogen-bond donors (Lipinski definition) is 2. The lowest BCUT2D eigenvalue weighted by Crippen LogP contribution is -2.13. The summed E-state index contributed by atoms with van der Waals surface area (Å²) >= 11 is 0. The fourth-order valence-electron chi connectivity index (χ4n) is 2.57. The van der Waals surface area contributed by atoms with Gasteiger partial charge in [-0.25, -0.2) is 4.79 Å². The molecule has 2 aromatic rings. The minimum atomic E-state index is -1.01. The van der Waals surface area contributed by atoms with Crippen molar-refractivity contribution in [3.63, 3.8) is 0 Å². The van der Waals surface area contributed by atoms with Gasteiger partial charge in [0.25, 0.3) is 0 Å². The number of benzene rings is 2. The van der Waals surface area contributed by atoms with Crippen LogP contribution in [0.2, 0.25) is 0 Å². The van der Waals surface area contributed by atoms with Crippen molar-refractivity contribution >= 4 is 28.8 Å². The lowest BCUT2D eigenvalue weighted by atomic mass is 9.84. The molecule has 1 aliphatic carbocycles. The molecule has 1 unspecified atom stereocenters. The van der Waals surface area contributed by atoms with Crippen LogP contribution in [0, 0.1) is 0 Å². The predicted molar refractivity (Wildman–Crippen MR) is 70.3 cm³/mol. The van der Waals surface area contributed by atoms with Crippen LogP contribution in [0.1, 0.15) is 27.4 Å². The molecule has 3 rings (SSSR count). The van der Waals surface area contributed by atoms with Crippen LogP contribution in [0.5, 0.6) is 0 Å². The summed E-state index contributed by atoms with van der Waals surface area (Å²) < 4.78 is 0. The summed E-state index contributed by atoms with van der Waals surface area (Å²) in [5.41, 5.74) is 1.42. The Morgan fingerprint density at radius 3 is 2.53 bits per heavy atom. The molecule has 0 fully saturated rings. The van der Waals surface area contributed by atoms with Crippen LogP contribution < -0.4 is 0 Å². The Labute approximate surface area is 108 Å². The molecular formula is C15H10O4. The Morgan fingerprint density at radius 1 is 1.05 bits per heavy atom. The monoisotopic (exact) mass is 254 g/mol. The Kier molecular flexibility index (Phi) is 2.38. The number of carbonyl (C=O) groups is 2. The quantitative estimate of drug-likeness (QED) is 0.864. The van der Waals surface area contributed by atoms with Crippen molar-refractivity contribution < 1.29 is 19.8 Å². The summed E-state index contributed by atoms with van der Waals surface area (Å²) in [6.45, 7) is 0. The smallest absolute Gasteiger partial charge is 0.336 e. The lowest BCUT2D eigenvalue weighted by molar-refractivity contribution is -0.137. The van der Waals surface area contributed by atoms with Gasteiger partial charge < -0.3 is 10.2 Å². The van der Waals surface area contributed by atoms with Gasteiger partial charge >= 0.3 is 11.9 Å². The zero-order valence-corrected chi connectivity index (χ0v) is 9.83. The molecule has 1 atom stereocenters. The maximum atomic E-state index is 11.3. The maximum absolute atomic E-state index is 11.3. The maximum Gasteiger partial charge on any atom is 0.336 e. The van der Waals surface area contributed by atoms with Crippen LogP contribution >= 0.6 is 0 Å². The Morgan fingerprint density at radius 2 is 1.84 bits per heavy atom. The predicted octanol–water partition coefficient (Wildman–Crippen LogP) is 2.73. The lowest BCUT2D eigenvalue weighted by Gasteiger charge is -2.19. The molecule has 0 saturated heterocycles. The third kappa shape index (κ3) is 1.61. The second-order valence-corrected chi connectivity index (χ2v) is 4.45. The van der Waals surface area contributed by atoms with Crippen molar-refractivity contribution in [2.75, 3.05) is 0 Å². The van der Waals surface area contributed by atoms with E-state index in [1.807, 2.05) is 6.07 Å². The van der Waals surface area contributed by atoms with E-state index in [0.29, 0.717) is 11.1 Å². The van der Waals surface area contributed by atoms with Crippen molar-refractivity contribution in [1.82, 2.24) is 0 Å². The number of carboxylic acids is 2. The zero-order valence-electron chi connectivity index (χ0n) is 9.83. The first-order valence-electron chi connectivity index (χ1n) is 5.79. The van der Waals surface area contributed by atoms with E-state index in [9.17, 15) is 19.8 Å². The number of carboxylic acid groups (broad SMARTS) is 2. The Balaban J connectivity index is 2.42. The zero-order chi connectivity index (χ0) is 13.6. The van der Waals surface area contributed by atoms with Crippen molar-refractivity contribution in [3.05, 3.63) is 53.1 Å². The molecular weight excluding hydrogens is 244 g/mol. The molecule has 4 heteroatoms. The minimum Gasteiger partial charge on any atom is -0.481 e. The van der Waals surface area contributed by atoms with Crippen LogP contribution in [-0.4, -0.2) is 22.2 Å². The molecule has 2 aromatic carbocycles. The van der Waals surface area contributed by atoms with Gasteiger partial charge in [-0.3, -0.25) is 4.79 Å². The van der Waals surface area contributed by atoms with Crippen molar-refractivity contribution in [2.24, 2.45) is 0 Å². The highest BCUT2D eigenvalue weighted by Crippen LogP contribution is 2.36. The van der Waals surface area contributed by atoms with Crippen LogP contribution in [0.15, 0.2) is 36.4 Å². The molecule has 0 aromatic heterocycles. The number of aliphatic carboxylic acids is 1. The fraction of sp³-hybridized carbons (Fsp3) is 0.0667. The molecule has 0 bridgehead atoms. The summed E-state index contributed by atoms with van der Waals surface area (Å²) in [4.78, 5) is 22.5. The normalized spacial score (nSPS) is 16.5. The van der Waals surface area contributed by atoms with Crippen molar-refractivity contribution in [1.29, 1.82) is 0 Å². The average molecular weight is 254 g/mol. The summed E-state index contributed by atoms with van der Waals surface area (Å²) in [7, 11) is 0. The van der Waals surface area contributed by atoms with E-state index in [4.69, 9.17) is 0 Å². The van der Waals surface area contributed by atoms with Crippen LogP contribution in [-0.2, 0) is 4.79 Å². The van der Waals surface area contributed by atoms with E-state index in [2.05, 4.69) is 0 Å². The van der Waals surface area contributed by atoms with Crippen LogP contribution in [0.3, 0.4) is 0 Å². The molecule has 0 amide bonds. The number of aromatic carboxylic acids is 1. The molecule has 0 aliphatic heterocycles. The molecule has 4 nitrogen and oxygen atoms in total. The van der Waals surface area contributed by atoms with Gasteiger partial charge in [-0.15, -0.1) is 0 Å². The third-order valence-corrected chi connectivity index (χ3v) is 3.40. The van der Waals surface area contributed by atoms with Gasteiger partial charge in [0, 0.05) is 0 Å². The second kappa shape index (κ2) is 3.95. The van der Waals surface area contributed by atoms with Crippen molar-refractivity contribution in [3.8, 4) is 0 Å². The molecule has 94 valence electrons. The molecule has 0 heterocycles. The topological polar surface area (TPSA) is 74.6 Å². The van der Waals surface area contributed by atoms with Crippen LogP contribution in [0.4, 0.5) is 0 Å². The number of hydrogen-bond acceptors (Lipinski definition) is 2. The second-order valence-electron chi connectivity index (χ2n) is 4.45. The molecule has 0 saturated carbocycles. The summed E-state index contributed by atoms with van der Waals surface area (Å²) in [5.74, 6) is -2.67. The van der Waals surface area contributed by atoms with Gasteiger partial charge in [-0.05, 0) is 28.0 Å². The summed E-state index contributed by atoms with van der Waals surface area (Å²) in [5, 5.41) is 20.0. The van der Waals surface area contributed by atoms with E-state index in [1.54, 1.807) is 30.3 Å². The average Bonchev–Trinajstić information content (AvgIpc) is 2.39. The molecule has 2 N–H and O–H groups in total. The molecule has 0 radical (unpaired) electrons. The van der Waals surface area contributed by atoms with E-state index in [0.717, 1.165) is 10.8 Å². The highest BCUT2D eigenvalue weighted by atomic mass is 16.4. The van der Waals surface area contributed by atoms with E-state index < -0.39 is 17.9 Å². The fourth-order valence-corrected chi connectivity index (χ4v) is 2.57. The first-order chi connectivity index (χ1) is 9.09. The van der Waals surface area contributed by atoms with Crippen molar-refractivity contribution in [2.45, 2.75) is 5.92 Å². The highest BCUT2D eigenvalue weighted by Gasteiger charge is 2.25. The van der Waals surface area contributed by atoms with Gasteiger partial charge in [0.1, 0.15) is 5.92 Å². The van der Waals surface area contributed by atoms with E-state index in [-0.39, 0.29) is 5.56 Å². The Bertz CT molecular complexity index is 743. The standard InChI is InChI=1S/C15H10O4/c16-14(17)11-5-4-8-2-1-3-9-12(15(18)19)7-6-10(11)13(8)9/h1-7,12H,(H,16,17)(H,18,19). The Hall–Kier alpha value is -2.62. The van der Waals surface area contributed by atoms with Gasteiger partial charge in [0.05, 0.1) is 5.56 Å². The van der Waals surface area contributed by atoms with E-state index >= 15 is 0 Å². The van der Waals surface area contributed by atoms with Gasteiger partial charge in [-0.2, -0.15) is 0 Å². The first kappa shape index (κ1) is 11.5. The first-order valence-corrected chi connectivity index (χ1v) is 5.79. The van der Waals surface area contributed by atoms with Gasteiger partial charge in [0.15, 0.2) is 0 Å². The summed E-state index contributed by atoms with van der Waals surface area (Å²) in [6, 6.07) is 8.64. The van der Waals surface area contributed by atoms with Gasteiger partial charge in [0.2, 0.25) is 0 Å². The molecule has 0 spiro atoms. The third-order valence-electron chi connectivity index (χ3n) is 3.40. The van der Waals surface area contributed by atoms with Gasteiger partial charge in [-0.1, -0.05) is 36.4 Å². The minimum absolute atomic E-state index is 0.194. The van der Waals surface area contributed by atoms with Crippen LogP contribution in [0.25, 0.3) is 16.8 Å². The highest BCUT2D eigenvalue weighted by molar-refractivity contribution is 6.06.